The Bertz CT molecular complexity index is 2750. The summed E-state index contributed by atoms with van der Waals surface area (Å²) in [5, 5.41) is 3.39. The Hall–Kier alpha value is -6.53. The second kappa shape index (κ2) is 25.2. The number of nitrogens with zero attached hydrogens (tertiary/aromatic N) is 10. The summed E-state index contributed by atoms with van der Waals surface area (Å²) in [4.78, 5) is 53.6. The Kier molecular flexibility index (Phi) is 20.1. The first kappa shape index (κ1) is 55.1. The van der Waals surface area contributed by atoms with Gasteiger partial charge in [0.25, 0.3) is 0 Å². The molecule has 0 radical (unpaired) electrons. The fourth-order valence-corrected chi connectivity index (χ4v) is 7.27. The van der Waals surface area contributed by atoms with Crippen LogP contribution in [0.4, 0.5) is 35.6 Å². The molecule has 2 fully saturated rings. The number of hydrogen-bond donors (Lipinski definition) is 2. The topological polar surface area (TPSA) is 253 Å². The molecule has 2 amide bonds. The van der Waals surface area contributed by atoms with Crippen LogP contribution in [0.5, 0.6) is 0 Å². The number of carbonyl (C=O) groups is 2. The van der Waals surface area contributed by atoms with Gasteiger partial charge in [-0.25, -0.2) is 48.3 Å². The number of rotatable bonds is 4. The molecule has 6 heterocycles. The van der Waals surface area contributed by atoms with Crippen molar-refractivity contribution < 1.29 is 44.7 Å². The fraction of sp³-hybridized carbons (Fsp3) is 0.455. The minimum atomic E-state index is -0.750. The third-order valence-corrected chi connectivity index (χ3v) is 10.5. The smallest absolute Gasteiger partial charge is 0.410 e. The monoisotopic (exact) mass is 1020 g/mol. The van der Waals surface area contributed by atoms with Crippen LogP contribution in [0.1, 0.15) is 90.4 Å². The summed E-state index contributed by atoms with van der Waals surface area (Å²) in [7, 11) is 0. The molecule has 25 heteroatoms. The highest BCUT2D eigenvalue weighted by Crippen LogP contribution is 2.31. The highest BCUT2D eigenvalue weighted by molar-refractivity contribution is 7.51. The number of carbonyl (C=O) groups excluding carboxylic acids is 2. The van der Waals surface area contributed by atoms with Gasteiger partial charge in [-0.15, -0.1) is 0 Å². The molecule has 69 heavy (non-hydrogen) atoms. The standard InChI is InChI=1S/C22H27FN6O2.C15H20ClN5O2.C7H8FN.2O2S/c1-14-5-6-17(16(23)11-14)27-19-18-20(25-12-24-19)29(13-26-18)15-7-9-28(10-8-15)21(30)31-22(2,3)4;1-15(2,3)23-14(22)20-6-4-10(5-7-20)21-9-19-11-12(16)17-8-18-13(11)21;1-5-2-3-7(9)6(8)4-5;2*1-3-2/h5-6,11-13,15H,7-10H2,1-4H3,(H,24,25,27);8-10H,4-7H2,1-3H3;2-4H,9H2,1H3;;. The maximum atomic E-state index is 14.3. The fourth-order valence-electron chi connectivity index (χ4n) is 7.09. The Labute approximate surface area is 409 Å². The zero-order valence-electron chi connectivity index (χ0n) is 39.4. The van der Waals surface area contributed by atoms with E-state index in [2.05, 4.69) is 35.2 Å². The number of nitrogens with two attached hydrogens (primary N) is 1. The van der Waals surface area contributed by atoms with Crippen molar-refractivity contribution in [1.82, 2.24) is 48.8 Å². The summed E-state index contributed by atoms with van der Waals surface area (Å²) in [6, 6.07) is 10.1. The largest absolute Gasteiger partial charge is 0.444 e. The van der Waals surface area contributed by atoms with Crippen molar-refractivity contribution in [1.29, 1.82) is 0 Å². The molecule has 0 aliphatic carbocycles. The summed E-state index contributed by atoms with van der Waals surface area (Å²) in [5.41, 5.74) is 9.13. The van der Waals surface area contributed by atoms with E-state index in [1.807, 2.05) is 70.6 Å². The van der Waals surface area contributed by atoms with Crippen molar-refractivity contribution in [2.24, 2.45) is 0 Å². The van der Waals surface area contributed by atoms with Gasteiger partial charge in [-0.2, -0.15) is 16.8 Å². The van der Waals surface area contributed by atoms with E-state index in [-0.39, 0.29) is 41.6 Å². The zero-order valence-corrected chi connectivity index (χ0v) is 41.7. The Morgan fingerprint density at radius 2 is 1.09 bits per heavy atom. The quantitative estimate of drug-likeness (QED) is 0.125. The van der Waals surface area contributed by atoms with Gasteiger partial charge >= 0.3 is 35.3 Å². The first-order valence-corrected chi connectivity index (χ1v) is 23.2. The summed E-state index contributed by atoms with van der Waals surface area (Å²) < 4.78 is 74.8. The van der Waals surface area contributed by atoms with E-state index in [1.165, 1.54) is 24.8 Å². The second-order valence-electron chi connectivity index (χ2n) is 17.7. The van der Waals surface area contributed by atoms with E-state index in [4.69, 9.17) is 43.6 Å². The number of amides is 2. The average Bonchev–Trinajstić information content (AvgIpc) is 3.93. The Balaban J connectivity index is 0.000000237. The highest BCUT2D eigenvalue weighted by Gasteiger charge is 2.30. The van der Waals surface area contributed by atoms with Crippen LogP contribution in [0.25, 0.3) is 22.3 Å². The van der Waals surface area contributed by atoms with Gasteiger partial charge in [0.2, 0.25) is 0 Å². The number of likely N-dealkylation sites (tertiary alicyclic amines) is 2. The van der Waals surface area contributed by atoms with Crippen molar-refractivity contribution in [2.45, 2.75) is 104 Å². The zero-order chi connectivity index (χ0) is 51.1. The van der Waals surface area contributed by atoms with Gasteiger partial charge in [0, 0.05) is 38.3 Å². The average molecular weight is 1020 g/mol. The number of anilines is 3. The van der Waals surface area contributed by atoms with E-state index in [1.54, 1.807) is 40.7 Å². The molecule has 4 aromatic heterocycles. The number of aryl methyl sites for hydroxylation is 2. The number of piperidine rings is 2. The van der Waals surface area contributed by atoms with E-state index in [0.717, 1.165) is 42.5 Å². The van der Waals surface area contributed by atoms with Crippen LogP contribution >= 0.6 is 11.6 Å². The lowest BCUT2D eigenvalue weighted by atomic mass is 10.1. The summed E-state index contributed by atoms with van der Waals surface area (Å²) >= 11 is 4.54. The summed E-state index contributed by atoms with van der Waals surface area (Å²) in [6.07, 6.45) is 9.03. The molecule has 6 aromatic rings. The van der Waals surface area contributed by atoms with Gasteiger partial charge in [0.15, 0.2) is 27.8 Å². The van der Waals surface area contributed by atoms with E-state index in [9.17, 15) is 18.4 Å². The van der Waals surface area contributed by atoms with Crippen LogP contribution in [0.15, 0.2) is 61.7 Å². The van der Waals surface area contributed by atoms with E-state index < -0.39 is 34.3 Å². The van der Waals surface area contributed by atoms with Crippen LogP contribution in [0.3, 0.4) is 0 Å². The molecular formula is C44H55ClF2N12O8S2. The molecule has 0 bridgehead atoms. The maximum absolute atomic E-state index is 14.3. The second-order valence-corrected chi connectivity index (χ2v) is 18.3. The SMILES string of the molecule is CC(C)(C)OC(=O)N1CCC(n2cnc3c(Cl)ncnc32)CC1.Cc1ccc(N)c(F)c1.Cc1ccc(Nc2ncnc3c2ncn3C2CCN(C(=O)OC(C)(C)C)CC2)c(F)c1.O=S=O.O=S=O. The lowest BCUT2D eigenvalue weighted by Crippen LogP contribution is -2.42. The van der Waals surface area contributed by atoms with Crippen LogP contribution in [-0.4, -0.2) is 115 Å². The molecule has 8 rings (SSSR count). The first-order chi connectivity index (χ1) is 32.6. The molecule has 0 atom stereocenters. The predicted octanol–water partition coefficient (Wildman–Crippen LogP) is 8.02. The van der Waals surface area contributed by atoms with Gasteiger partial charge in [-0.3, -0.25) is 0 Å². The molecule has 3 N–H and O–H groups in total. The summed E-state index contributed by atoms with van der Waals surface area (Å²) in [5.74, 6) is -0.228. The van der Waals surface area contributed by atoms with Crippen molar-refractivity contribution in [3.63, 3.8) is 0 Å². The van der Waals surface area contributed by atoms with Gasteiger partial charge in [0.05, 0.1) is 24.0 Å². The molecule has 2 aromatic carbocycles. The highest BCUT2D eigenvalue weighted by atomic mass is 35.5. The minimum absolute atomic E-state index is 0.155. The number of aromatic nitrogens is 8. The number of fused-ring (bicyclic) bond motifs is 2. The minimum Gasteiger partial charge on any atom is -0.444 e. The molecule has 0 saturated carbocycles. The van der Waals surface area contributed by atoms with E-state index in [0.29, 0.717) is 59.5 Å². The molecule has 20 nitrogen and oxygen atoms in total. The normalized spacial score (nSPS) is 14.1. The number of ether oxygens (including phenoxy) is 2. The number of halogens is 3. The van der Waals surface area contributed by atoms with Crippen molar-refractivity contribution in [3.8, 4) is 0 Å². The number of nitrogens with one attached hydrogen (secondary N) is 1. The lowest BCUT2D eigenvalue weighted by molar-refractivity contribution is 0.0179. The van der Waals surface area contributed by atoms with Gasteiger partial charge in [0.1, 0.15) is 41.0 Å². The van der Waals surface area contributed by atoms with Crippen LogP contribution in [0.2, 0.25) is 5.15 Å². The first-order valence-electron chi connectivity index (χ1n) is 21.4. The van der Waals surface area contributed by atoms with Gasteiger partial charge < -0.3 is 39.5 Å². The number of nitrogen functional groups attached to an aromatic ring is 1. The molecule has 2 aliphatic heterocycles. The van der Waals surface area contributed by atoms with Gasteiger partial charge in [-0.1, -0.05) is 23.7 Å². The Morgan fingerprint density at radius 3 is 1.52 bits per heavy atom. The number of imidazole rings is 2. The van der Waals surface area contributed by atoms with Gasteiger partial charge in [-0.05, 0) is 116 Å². The maximum Gasteiger partial charge on any atom is 0.410 e. The van der Waals surface area contributed by atoms with Crippen LogP contribution in [-0.2, 0) is 32.6 Å². The molecule has 0 unspecified atom stereocenters. The predicted molar refractivity (Wildman–Crippen MR) is 256 cm³/mol. The molecular weight excluding hydrogens is 962 g/mol. The third-order valence-electron chi connectivity index (χ3n) is 10.2. The molecule has 372 valence electrons. The number of hydrogen-bond acceptors (Lipinski definition) is 16. The summed E-state index contributed by atoms with van der Waals surface area (Å²) in [6.45, 7) is 17.4. The van der Waals surface area contributed by atoms with Crippen LogP contribution in [0, 0.1) is 25.5 Å². The lowest BCUT2D eigenvalue weighted by Gasteiger charge is -2.33. The molecule has 0 spiro atoms. The molecule has 2 aliphatic rings. The van der Waals surface area contributed by atoms with Crippen molar-refractivity contribution >= 4 is 86.4 Å². The molecule has 2 saturated heterocycles. The third kappa shape index (κ3) is 16.3. The van der Waals surface area contributed by atoms with Crippen LogP contribution < -0.4 is 11.1 Å². The van der Waals surface area contributed by atoms with E-state index >= 15 is 0 Å². The van der Waals surface area contributed by atoms with Crippen molar-refractivity contribution in [2.75, 3.05) is 37.2 Å². The Morgan fingerprint density at radius 1 is 0.667 bits per heavy atom. The van der Waals surface area contributed by atoms with Crippen molar-refractivity contribution in [3.05, 3.63) is 89.6 Å². The number of benzene rings is 2.